The second-order valence-corrected chi connectivity index (χ2v) is 5.48. The number of fused-ring (bicyclic) bond motifs is 1. The van der Waals surface area contributed by atoms with Gasteiger partial charge in [-0.3, -0.25) is 0 Å². The number of hydrogen-bond donors (Lipinski definition) is 1. The Bertz CT molecular complexity index is 441. The number of aromatic nitrogens is 2. The summed E-state index contributed by atoms with van der Waals surface area (Å²) in [5.74, 6) is 2.62. The van der Waals surface area contributed by atoms with E-state index in [1.54, 1.807) is 0 Å². The predicted molar refractivity (Wildman–Crippen MR) is 75.6 cm³/mol. The molecule has 1 aromatic heterocycles. The lowest BCUT2D eigenvalue weighted by Gasteiger charge is -2.24. The molecule has 104 valence electrons. The van der Waals surface area contributed by atoms with Crippen molar-refractivity contribution < 1.29 is 4.74 Å². The highest BCUT2D eigenvalue weighted by atomic mass is 16.5. The lowest BCUT2D eigenvalue weighted by molar-refractivity contribution is 0.0835. The van der Waals surface area contributed by atoms with Gasteiger partial charge in [-0.25, -0.2) is 9.97 Å². The molecule has 3 rings (SSSR count). The molecule has 0 aromatic carbocycles. The first-order valence-electron chi connectivity index (χ1n) is 7.59. The van der Waals surface area contributed by atoms with Crippen LogP contribution in [0.2, 0.25) is 0 Å². The minimum Gasteiger partial charge on any atom is -0.381 e. The second kappa shape index (κ2) is 5.87. The van der Waals surface area contributed by atoms with E-state index in [0.717, 1.165) is 57.1 Å². The zero-order chi connectivity index (χ0) is 13.1. The van der Waals surface area contributed by atoms with Crippen molar-refractivity contribution in [2.45, 2.75) is 51.4 Å². The maximum atomic E-state index is 5.44. The van der Waals surface area contributed by atoms with Crippen LogP contribution in [0.1, 0.15) is 55.6 Å². The monoisotopic (exact) mass is 261 g/mol. The molecule has 0 bridgehead atoms. The molecule has 1 aromatic rings. The van der Waals surface area contributed by atoms with Gasteiger partial charge in [0.25, 0.3) is 0 Å². The van der Waals surface area contributed by atoms with E-state index < -0.39 is 0 Å². The molecule has 0 radical (unpaired) electrons. The molecule has 4 nitrogen and oxygen atoms in total. The molecule has 2 heterocycles. The minimum absolute atomic E-state index is 0.485. The standard InChI is InChI=1S/C15H23N3O/c1-2-16-15-12-5-3-4-6-13(12)17-14(18-15)11-7-9-19-10-8-11/h11H,2-10H2,1H3,(H,16,17,18). The molecular formula is C15H23N3O. The van der Waals surface area contributed by atoms with E-state index in [-0.39, 0.29) is 0 Å². The molecule has 0 unspecified atom stereocenters. The number of ether oxygens (including phenoxy) is 1. The van der Waals surface area contributed by atoms with Crippen LogP contribution in [-0.2, 0) is 17.6 Å². The Morgan fingerprint density at radius 3 is 2.74 bits per heavy atom. The average molecular weight is 261 g/mol. The zero-order valence-electron chi connectivity index (χ0n) is 11.7. The van der Waals surface area contributed by atoms with Gasteiger partial charge in [0, 0.05) is 36.9 Å². The Kier molecular flexibility index (Phi) is 3.97. The Morgan fingerprint density at radius 1 is 1.16 bits per heavy atom. The van der Waals surface area contributed by atoms with Gasteiger partial charge in [0.2, 0.25) is 0 Å². The molecule has 0 amide bonds. The maximum absolute atomic E-state index is 5.44. The fraction of sp³-hybridized carbons (Fsp3) is 0.733. The van der Waals surface area contributed by atoms with Gasteiger partial charge in [0.1, 0.15) is 11.6 Å². The summed E-state index contributed by atoms with van der Waals surface area (Å²) in [6.07, 6.45) is 6.90. The first-order chi connectivity index (χ1) is 9.38. The van der Waals surface area contributed by atoms with Crippen LogP contribution < -0.4 is 5.32 Å². The summed E-state index contributed by atoms with van der Waals surface area (Å²) in [6.45, 7) is 4.76. The molecule has 0 atom stereocenters. The third-order valence-electron chi connectivity index (χ3n) is 4.13. The number of rotatable bonds is 3. The van der Waals surface area contributed by atoms with Gasteiger partial charge in [-0.15, -0.1) is 0 Å². The Hall–Kier alpha value is -1.16. The molecule has 1 N–H and O–H groups in total. The van der Waals surface area contributed by atoms with Gasteiger partial charge in [-0.1, -0.05) is 0 Å². The molecule has 2 aliphatic rings. The quantitative estimate of drug-likeness (QED) is 0.908. The van der Waals surface area contributed by atoms with Crippen molar-refractivity contribution in [3.8, 4) is 0 Å². The zero-order valence-corrected chi connectivity index (χ0v) is 11.7. The third kappa shape index (κ3) is 2.73. The van der Waals surface area contributed by atoms with Crippen molar-refractivity contribution in [3.63, 3.8) is 0 Å². The van der Waals surface area contributed by atoms with Gasteiger partial charge in [0.05, 0.1) is 0 Å². The summed E-state index contributed by atoms with van der Waals surface area (Å²) in [6, 6.07) is 0. The SMILES string of the molecule is CCNc1nc(C2CCOCC2)nc2c1CCCC2. The van der Waals surface area contributed by atoms with E-state index >= 15 is 0 Å². The number of hydrogen-bond acceptors (Lipinski definition) is 4. The molecule has 0 saturated carbocycles. The summed E-state index contributed by atoms with van der Waals surface area (Å²) in [5.41, 5.74) is 2.66. The molecule has 1 aliphatic heterocycles. The van der Waals surface area contributed by atoms with Crippen LogP contribution in [0.5, 0.6) is 0 Å². The van der Waals surface area contributed by atoms with Crippen molar-refractivity contribution in [3.05, 3.63) is 17.1 Å². The normalized spacial score (nSPS) is 20.1. The number of aryl methyl sites for hydroxylation is 1. The number of nitrogens with zero attached hydrogens (tertiary/aromatic N) is 2. The Morgan fingerprint density at radius 2 is 1.95 bits per heavy atom. The highest BCUT2D eigenvalue weighted by Gasteiger charge is 2.23. The van der Waals surface area contributed by atoms with Crippen LogP contribution in [0.25, 0.3) is 0 Å². The van der Waals surface area contributed by atoms with E-state index in [1.807, 2.05) is 0 Å². The van der Waals surface area contributed by atoms with Gasteiger partial charge < -0.3 is 10.1 Å². The van der Waals surface area contributed by atoms with E-state index in [0.29, 0.717) is 5.92 Å². The average Bonchev–Trinajstić information content (AvgIpc) is 2.48. The summed E-state index contributed by atoms with van der Waals surface area (Å²) >= 11 is 0. The van der Waals surface area contributed by atoms with E-state index in [1.165, 1.54) is 24.1 Å². The highest BCUT2D eigenvalue weighted by molar-refractivity contribution is 5.48. The Balaban J connectivity index is 1.93. The predicted octanol–water partition coefficient (Wildman–Crippen LogP) is 2.68. The topological polar surface area (TPSA) is 47.0 Å². The van der Waals surface area contributed by atoms with Crippen molar-refractivity contribution in [1.82, 2.24) is 9.97 Å². The van der Waals surface area contributed by atoms with Gasteiger partial charge in [-0.2, -0.15) is 0 Å². The Labute approximate surface area is 115 Å². The first-order valence-corrected chi connectivity index (χ1v) is 7.59. The summed E-state index contributed by atoms with van der Waals surface area (Å²) < 4.78 is 5.44. The molecule has 1 aliphatic carbocycles. The molecule has 1 saturated heterocycles. The van der Waals surface area contributed by atoms with Crippen LogP contribution in [0.3, 0.4) is 0 Å². The molecule has 0 spiro atoms. The van der Waals surface area contributed by atoms with E-state index in [9.17, 15) is 0 Å². The third-order valence-corrected chi connectivity index (χ3v) is 4.13. The molecule has 4 heteroatoms. The number of anilines is 1. The minimum atomic E-state index is 0.485. The smallest absolute Gasteiger partial charge is 0.134 e. The van der Waals surface area contributed by atoms with Crippen molar-refractivity contribution >= 4 is 5.82 Å². The largest absolute Gasteiger partial charge is 0.381 e. The lowest BCUT2D eigenvalue weighted by atomic mass is 9.94. The maximum Gasteiger partial charge on any atom is 0.134 e. The van der Waals surface area contributed by atoms with Crippen LogP contribution in [-0.4, -0.2) is 29.7 Å². The fourth-order valence-corrected chi connectivity index (χ4v) is 3.07. The molecule has 19 heavy (non-hydrogen) atoms. The second-order valence-electron chi connectivity index (χ2n) is 5.48. The van der Waals surface area contributed by atoms with Crippen molar-refractivity contribution in [2.24, 2.45) is 0 Å². The van der Waals surface area contributed by atoms with Gasteiger partial charge in [-0.05, 0) is 45.4 Å². The molecule has 1 fully saturated rings. The van der Waals surface area contributed by atoms with Crippen LogP contribution >= 0.6 is 0 Å². The number of nitrogens with one attached hydrogen (secondary N) is 1. The van der Waals surface area contributed by atoms with E-state index in [2.05, 4.69) is 12.2 Å². The van der Waals surface area contributed by atoms with Crippen LogP contribution in [0.15, 0.2) is 0 Å². The summed E-state index contributed by atoms with van der Waals surface area (Å²) in [5, 5.41) is 3.43. The van der Waals surface area contributed by atoms with Crippen molar-refractivity contribution in [1.29, 1.82) is 0 Å². The van der Waals surface area contributed by atoms with Crippen LogP contribution in [0.4, 0.5) is 5.82 Å². The molecular weight excluding hydrogens is 238 g/mol. The highest BCUT2D eigenvalue weighted by Crippen LogP contribution is 2.30. The van der Waals surface area contributed by atoms with Gasteiger partial charge in [0.15, 0.2) is 0 Å². The lowest BCUT2D eigenvalue weighted by Crippen LogP contribution is -2.20. The first kappa shape index (κ1) is 12.9. The fourth-order valence-electron chi connectivity index (χ4n) is 3.07. The summed E-state index contributed by atoms with van der Waals surface area (Å²) in [4.78, 5) is 9.69. The van der Waals surface area contributed by atoms with Crippen molar-refractivity contribution in [2.75, 3.05) is 25.1 Å². The van der Waals surface area contributed by atoms with Crippen LogP contribution in [0, 0.1) is 0 Å². The summed E-state index contributed by atoms with van der Waals surface area (Å²) in [7, 11) is 0. The van der Waals surface area contributed by atoms with Gasteiger partial charge >= 0.3 is 0 Å². The van der Waals surface area contributed by atoms with E-state index in [4.69, 9.17) is 14.7 Å².